The van der Waals surface area contributed by atoms with Gasteiger partial charge in [0.1, 0.15) is 0 Å². The predicted molar refractivity (Wildman–Crippen MR) is 110 cm³/mol. The van der Waals surface area contributed by atoms with Crippen molar-refractivity contribution in [1.82, 2.24) is 25.4 Å². The topological polar surface area (TPSA) is 80.5 Å². The monoisotopic (exact) mass is 391 g/mol. The number of H-pyrrole nitrogens is 1. The Balaban J connectivity index is 1.41. The van der Waals surface area contributed by atoms with Gasteiger partial charge in [-0.3, -0.25) is 5.10 Å². The van der Waals surface area contributed by atoms with E-state index < -0.39 is 0 Å². The lowest BCUT2D eigenvalue weighted by Crippen LogP contribution is -2.10. The highest BCUT2D eigenvalue weighted by Gasteiger charge is 2.14. The van der Waals surface area contributed by atoms with Crippen LogP contribution in [0.5, 0.6) is 0 Å². The summed E-state index contributed by atoms with van der Waals surface area (Å²) in [5, 5.41) is 16.1. The number of benzene rings is 2. The highest BCUT2D eigenvalue weighted by Crippen LogP contribution is 2.26. The molecule has 0 aliphatic heterocycles. The molecule has 4 aromatic rings. The highest BCUT2D eigenvalue weighted by atomic mass is 32.2. The average molecular weight is 392 g/mol. The molecule has 0 bridgehead atoms. The molecule has 0 aliphatic carbocycles. The van der Waals surface area contributed by atoms with E-state index in [1.54, 1.807) is 0 Å². The van der Waals surface area contributed by atoms with E-state index in [0.717, 1.165) is 17.0 Å². The molecule has 0 aliphatic rings. The lowest BCUT2D eigenvalue weighted by atomic mass is 9.87. The Bertz CT molecular complexity index is 1050. The minimum Gasteiger partial charge on any atom is -0.420 e. The fraction of sp³-hybridized carbons (Fsp3) is 0.238. The van der Waals surface area contributed by atoms with Crippen molar-refractivity contribution in [1.29, 1.82) is 0 Å². The van der Waals surface area contributed by atoms with Crippen LogP contribution >= 0.6 is 11.8 Å². The van der Waals surface area contributed by atoms with Crippen LogP contribution in [-0.4, -0.2) is 25.4 Å². The zero-order valence-corrected chi connectivity index (χ0v) is 16.8. The maximum atomic E-state index is 5.72. The molecule has 0 saturated heterocycles. The molecular formula is C21H21N5OS. The Morgan fingerprint density at radius 1 is 0.929 bits per heavy atom. The van der Waals surface area contributed by atoms with Crippen LogP contribution in [0.15, 0.2) is 64.2 Å². The van der Waals surface area contributed by atoms with Crippen molar-refractivity contribution in [2.24, 2.45) is 0 Å². The minimum absolute atomic E-state index is 0.129. The summed E-state index contributed by atoms with van der Waals surface area (Å²) < 4.78 is 5.72. The fourth-order valence-electron chi connectivity index (χ4n) is 2.70. The van der Waals surface area contributed by atoms with Crippen molar-refractivity contribution < 1.29 is 4.42 Å². The molecule has 1 N–H and O–H groups in total. The summed E-state index contributed by atoms with van der Waals surface area (Å²) in [5.41, 5.74) is 3.33. The standard InChI is InChI=1S/C21H21N5OS/c1-21(2,3)16-11-9-14(10-12-16)18-22-20(26-24-18)28-13-17-23-25-19(27-17)15-7-5-4-6-8-15/h4-12H,13H2,1-3H3,(H,22,24,26). The highest BCUT2D eigenvalue weighted by molar-refractivity contribution is 7.98. The number of nitrogens with zero attached hydrogens (tertiary/aromatic N) is 4. The van der Waals surface area contributed by atoms with Crippen molar-refractivity contribution in [3.63, 3.8) is 0 Å². The maximum Gasteiger partial charge on any atom is 0.247 e. The van der Waals surface area contributed by atoms with Crippen molar-refractivity contribution >= 4 is 11.8 Å². The van der Waals surface area contributed by atoms with Crippen LogP contribution in [0.2, 0.25) is 0 Å². The van der Waals surface area contributed by atoms with E-state index in [-0.39, 0.29) is 5.41 Å². The zero-order valence-electron chi connectivity index (χ0n) is 16.0. The van der Waals surface area contributed by atoms with Crippen LogP contribution in [0.1, 0.15) is 32.2 Å². The van der Waals surface area contributed by atoms with Gasteiger partial charge in [-0.1, -0.05) is 75.0 Å². The number of rotatable bonds is 5. The predicted octanol–water partition coefficient (Wildman–Crippen LogP) is 5.11. The summed E-state index contributed by atoms with van der Waals surface area (Å²) in [6.07, 6.45) is 0. The molecule has 0 saturated carbocycles. The van der Waals surface area contributed by atoms with Gasteiger partial charge in [0.05, 0.1) is 5.75 Å². The Labute approximate surface area is 167 Å². The molecule has 2 heterocycles. The van der Waals surface area contributed by atoms with Gasteiger partial charge < -0.3 is 4.42 Å². The Morgan fingerprint density at radius 3 is 2.39 bits per heavy atom. The first kappa shape index (κ1) is 18.4. The first-order valence-electron chi connectivity index (χ1n) is 9.03. The van der Waals surface area contributed by atoms with Crippen molar-refractivity contribution in [2.75, 3.05) is 0 Å². The van der Waals surface area contributed by atoms with Gasteiger partial charge in [-0.25, -0.2) is 4.98 Å². The smallest absolute Gasteiger partial charge is 0.247 e. The largest absolute Gasteiger partial charge is 0.420 e. The lowest BCUT2D eigenvalue weighted by molar-refractivity contribution is 0.528. The summed E-state index contributed by atoms with van der Waals surface area (Å²) in [7, 11) is 0. The second kappa shape index (κ2) is 7.59. The summed E-state index contributed by atoms with van der Waals surface area (Å²) in [6.45, 7) is 6.60. The molecule has 0 unspecified atom stereocenters. The molecule has 142 valence electrons. The second-order valence-corrected chi connectivity index (χ2v) is 8.39. The van der Waals surface area contributed by atoms with Crippen LogP contribution in [0.3, 0.4) is 0 Å². The van der Waals surface area contributed by atoms with E-state index in [0.29, 0.717) is 22.7 Å². The van der Waals surface area contributed by atoms with Crippen LogP contribution in [0.4, 0.5) is 0 Å². The number of hydrogen-bond donors (Lipinski definition) is 1. The van der Waals surface area contributed by atoms with Crippen LogP contribution in [-0.2, 0) is 11.2 Å². The van der Waals surface area contributed by atoms with Gasteiger partial charge >= 0.3 is 0 Å². The fourth-order valence-corrected chi connectivity index (χ4v) is 3.34. The quantitative estimate of drug-likeness (QED) is 0.476. The normalized spacial score (nSPS) is 11.7. The third-order valence-corrected chi connectivity index (χ3v) is 5.13. The van der Waals surface area contributed by atoms with E-state index in [1.807, 2.05) is 30.3 Å². The Kier molecular flexibility index (Phi) is 5.00. The molecule has 0 amide bonds. The Hall–Kier alpha value is -2.93. The van der Waals surface area contributed by atoms with Gasteiger partial charge in [-0.2, -0.15) is 0 Å². The van der Waals surface area contributed by atoms with E-state index in [2.05, 4.69) is 70.4 Å². The third kappa shape index (κ3) is 4.14. The molecule has 28 heavy (non-hydrogen) atoms. The molecule has 4 rings (SSSR count). The van der Waals surface area contributed by atoms with Crippen LogP contribution in [0, 0.1) is 0 Å². The third-order valence-electron chi connectivity index (χ3n) is 4.30. The van der Waals surface area contributed by atoms with Crippen molar-refractivity contribution in [3.05, 3.63) is 66.1 Å². The van der Waals surface area contributed by atoms with Crippen LogP contribution in [0.25, 0.3) is 22.8 Å². The number of hydrogen-bond acceptors (Lipinski definition) is 6. The molecule has 6 nitrogen and oxygen atoms in total. The molecule has 0 spiro atoms. The van der Waals surface area contributed by atoms with E-state index >= 15 is 0 Å². The van der Waals surface area contributed by atoms with Gasteiger partial charge in [0.25, 0.3) is 0 Å². The minimum atomic E-state index is 0.129. The van der Waals surface area contributed by atoms with Gasteiger partial charge in [-0.15, -0.1) is 15.3 Å². The number of nitrogens with one attached hydrogen (secondary N) is 1. The lowest BCUT2D eigenvalue weighted by Gasteiger charge is -2.18. The SMILES string of the molecule is CC(C)(C)c1ccc(-c2nc(SCc3nnc(-c4ccccc4)o3)n[nH]2)cc1. The molecule has 2 aromatic carbocycles. The summed E-state index contributed by atoms with van der Waals surface area (Å²) in [4.78, 5) is 4.56. The molecule has 0 atom stereocenters. The van der Waals surface area contributed by atoms with Crippen molar-refractivity contribution in [3.8, 4) is 22.8 Å². The first-order chi connectivity index (χ1) is 13.5. The van der Waals surface area contributed by atoms with Crippen molar-refractivity contribution in [2.45, 2.75) is 37.1 Å². The van der Waals surface area contributed by atoms with Crippen LogP contribution < -0.4 is 0 Å². The van der Waals surface area contributed by atoms with Gasteiger partial charge in [0.15, 0.2) is 5.82 Å². The van der Waals surface area contributed by atoms with E-state index in [4.69, 9.17) is 4.42 Å². The van der Waals surface area contributed by atoms with Gasteiger partial charge in [-0.05, 0) is 23.1 Å². The summed E-state index contributed by atoms with van der Waals surface area (Å²) in [5.74, 6) is 2.33. The summed E-state index contributed by atoms with van der Waals surface area (Å²) in [6, 6.07) is 18.1. The first-order valence-corrected chi connectivity index (χ1v) is 10.0. The molecule has 0 fully saturated rings. The average Bonchev–Trinajstić information content (AvgIpc) is 3.36. The molecule has 0 radical (unpaired) electrons. The van der Waals surface area contributed by atoms with E-state index in [9.17, 15) is 0 Å². The Morgan fingerprint density at radius 2 is 1.68 bits per heavy atom. The zero-order chi connectivity index (χ0) is 19.6. The van der Waals surface area contributed by atoms with Gasteiger partial charge in [0.2, 0.25) is 16.9 Å². The maximum absolute atomic E-state index is 5.72. The molecule has 2 aromatic heterocycles. The second-order valence-electron chi connectivity index (χ2n) is 7.45. The number of thioether (sulfide) groups is 1. The molecular weight excluding hydrogens is 370 g/mol. The number of aromatic nitrogens is 5. The van der Waals surface area contributed by atoms with E-state index in [1.165, 1.54) is 17.3 Å². The van der Waals surface area contributed by atoms with Gasteiger partial charge in [0, 0.05) is 11.1 Å². The number of aromatic amines is 1. The molecule has 7 heteroatoms. The summed E-state index contributed by atoms with van der Waals surface area (Å²) >= 11 is 1.46.